The van der Waals surface area contributed by atoms with Crippen LogP contribution in [0.2, 0.25) is 0 Å². The van der Waals surface area contributed by atoms with Crippen LogP contribution in [0, 0.1) is 18.3 Å². The van der Waals surface area contributed by atoms with Gasteiger partial charge in [-0.1, -0.05) is 0 Å². The molecule has 2 aromatic heterocycles. The van der Waals surface area contributed by atoms with Crippen LogP contribution in [-0.2, 0) is 14.3 Å². The van der Waals surface area contributed by atoms with Crippen molar-refractivity contribution < 1.29 is 23.5 Å². The lowest BCUT2D eigenvalue weighted by atomic mass is 10.0. The Balaban J connectivity index is 1.74. The maximum absolute atomic E-state index is 12.5. The van der Waals surface area contributed by atoms with Crippen LogP contribution in [0.5, 0.6) is 0 Å². The van der Waals surface area contributed by atoms with Crippen molar-refractivity contribution in [2.24, 2.45) is 5.73 Å². The summed E-state index contributed by atoms with van der Waals surface area (Å²) in [6, 6.07) is 4.77. The van der Waals surface area contributed by atoms with Gasteiger partial charge in [-0.3, -0.25) is 14.2 Å². The number of ether oxygens (including phenoxy) is 1. The van der Waals surface area contributed by atoms with Crippen LogP contribution >= 0.6 is 0 Å². The second kappa shape index (κ2) is 8.00. The van der Waals surface area contributed by atoms with Crippen molar-refractivity contribution in [3.05, 3.63) is 41.4 Å². The highest BCUT2D eigenvalue weighted by molar-refractivity contribution is 5.96. The molecular weight excluding hydrogens is 364 g/mol. The topological polar surface area (TPSA) is 132 Å². The standard InChI is InChI=1S/C19H20N4O5/c1-12-16(13(10-20)18(28-12)22-7-4-5-8-22)19(26)27-11-15(24)23-9-3-2-6-14(23)17(21)25/h4-5,7-8,14H,2-3,6,9,11H2,1H3,(H2,21,25)/t14-/m0/s1. The third-order valence-electron chi connectivity index (χ3n) is 4.70. The molecule has 1 fully saturated rings. The van der Waals surface area contributed by atoms with E-state index in [9.17, 15) is 19.6 Å². The van der Waals surface area contributed by atoms with Crippen molar-refractivity contribution in [2.75, 3.05) is 13.2 Å². The molecule has 0 aliphatic carbocycles. The number of amides is 2. The molecule has 146 valence electrons. The Hall–Kier alpha value is -3.54. The number of carbonyl (C=O) groups excluding carboxylic acids is 3. The van der Waals surface area contributed by atoms with Crippen molar-refractivity contribution >= 4 is 17.8 Å². The second-order valence-corrected chi connectivity index (χ2v) is 6.49. The predicted octanol–water partition coefficient (Wildman–Crippen LogP) is 1.27. The minimum atomic E-state index is -0.836. The fraction of sp³-hybridized carbons (Fsp3) is 0.368. The normalized spacial score (nSPS) is 16.4. The minimum Gasteiger partial charge on any atom is -0.452 e. The molecule has 3 rings (SSSR count). The number of esters is 1. The van der Waals surface area contributed by atoms with E-state index < -0.39 is 30.4 Å². The zero-order valence-electron chi connectivity index (χ0n) is 15.4. The largest absolute Gasteiger partial charge is 0.452 e. The van der Waals surface area contributed by atoms with Gasteiger partial charge in [0.2, 0.25) is 11.8 Å². The Morgan fingerprint density at radius 2 is 2.04 bits per heavy atom. The van der Waals surface area contributed by atoms with E-state index in [-0.39, 0.29) is 22.8 Å². The minimum absolute atomic E-state index is 0.0240. The monoisotopic (exact) mass is 384 g/mol. The van der Waals surface area contributed by atoms with Crippen molar-refractivity contribution in [3.63, 3.8) is 0 Å². The zero-order valence-corrected chi connectivity index (χ0v) is 15.4. The first kappa shape index (κ1) is 19.2. The third kappa shape index (κ3) is 3.62. The number of piperidine rings is 1. The molecule has 1 aliphatic heterocycles. The number of hydrogen-bond donors (Lipinski definition) is 1. The van der Waals surface area contributed by atoms with E-state index in [0.29, 0.717) is 13.0 Å². The van der Waals surface area contributed by atoms with Crippen LogP contribution in [0.4, 0.5) is 0 Å². The quantitative estimate of drug-likeness (QED) is 0.772. The number of nitrogens with zero attached hydrogens (tertiary/aromatic N) is 3. The Morgan fingerprint density at radius 3 is 2.68 bits per heavy atom. The van der Waals surface area contributed by atoms with E-state index >= 15 is 0 Å². The van der Waals surface area contributed by atoms with Gasteiger partial charge in [-0.05, 0) is 38.3 Å². The highest BCUT2D eigenvalue weighted by atomic mass is 16.5. The Morgan fingerprint density at radius 1 is 1.32 bits per heavy atom. The molecule has 3 heterocycles. The number of carbonyl (C=O) groups is 3. The summed E-state index contributed by atoms with van der Waals surface area (Å²) in [6.07, 6.45) is 5.41. The van der Waals surface area contributed by atoms with Gasteiger partial charge in [0, 0.05) is 18.9 Å². The summed E-state index contributed by atoms with van der Waals surface area (Å²) in [6.45, 7) is 1.38. The van der Waals surface area contributed by atoms with Crippen LogP contribution in [0.3, 0.4) is 0 Å². The van der Waals surface area contributed by atoms with Crippen LogP contribution in [0.25, 0.3) is 5.88 Å². The van der Waals surface area contributed by atoms with Gasteiger partial charge in [-0.2, -0.15) is 5.26 Å². The molecule has 9 heteroatoms. The third-order valence-corrected chi connectivity index (χ3v) is 4.70. The first-order valence-electron chi connectivity index (χ1n) is 8.86. The van der Waals surface area contributed by atoms with Crippen LogP contribution in [0.1, 0.15) is 40.9 Å². The number of rotatable bonds is 5. The average Bonchev–Trinajstić information content (AvgIpc) is 3.33. The van der Waals surface area contributed by atoms with Crippen molar-refractivity contribution in [2.45, 2.75) is 32.2 Å². The SMILES string of the molecule is Cc1oc(-n2cccc2)c(C#N)c1C(=O)OCC(=O)N1CCCC[C@H]1C(N)=O. The summed E-state index contributed by atoms with van der Waals surface area (Å²) in [5, 5.41) is 9.48. The molecule has 0 unspecified atom stereocenters. The maximum Gasteiger partial charge on any atom is 0.343 e. The fourth-order valence-corrected chi connectivity index (χ4v) is 3.34. The van der Waals surface area contributed by atoms with Gasteiger partial charge in [0.1, 0.15) is 29.0 Å². The van der Waals surface area contributed by atoms with Crippen molar-refractivity contribution in [1.82, 2.24) is 9.47 Å². The Bertz CT molecular complexity index is 938. The molecule has 1 atom stereocenters. The van der Waals surface area contributed by atoms with E-state index in [1.165, 1.54) is 4.90 Å². The number of hydrogen-bond acceptors (Lipinski definition) is 6. The van der Waals surface area contributed by atoms with Gasteiger partial charge in [-0.25, -0.2) is 4.79 Å². The van der Waals surface area contributed by atoms with Crippen LogP contribution in [0.15, 0.2) is 28.9 Å². The summed E-state index contributed by atoms with van der Waals surface area (Å²) in [4.78, 5) is 37.8. The van der Waals surface area contributed by atoms with E-state index in [2.05, 4.69) is 0 Å². The highest BCUT2D eigenvalue weighted by Gasteiger charge is 2.32. The molecule has 2 aromatic rings. The molecule has 2 amide bonds. The molecular formula is C19H20N4O5. The zero-order chi connectivity index (χ0) is 20.3. The van der Waals surface area contributed by atoms with Gasteiger partial charge < -0.3 is 19.8 Å². The summed E-state index contributed by atoms with van der Waals surface area (Å²) in [5.41, 5.74) is 5.36. The lowest BCUT2D eigenvalue weighted by molar-refractivity contribution is -0.143. The number of nitrogens with two attached hydrogens (primary N) is 1. The summed E-state index contributed by atoms with van der Waals surface area (Å²) >= 11 is 0. The fourth-order valence-electron chi connectivity index (χ4n) is 3.34. The van der Waals surface area contributed by atoms with E-state index in [4.69, 9.17) is 14.9 Å². The number of aromatic nitrogens is 1. The number of primary amides is 1. The maximum atomic E-state index is 12.5. The lowest BCUT2D eigenvalue weighted by Gasteiger charge is -2.33. The first-order chi connectivity index (χ1) is 13.4. The summed E-state index contributed by atoms with van der Waals surface area (Å²) in [7, 11) is 0. The smallest absolute Gasteiger partial charge is 0.343 e. The molecule has 0 radical (unpaired) electrons. The van der Waals surface area contributed by atoms with Crippen LogP contribution < -0.4 is 5.73 Å². The molecule has 0 bridgehead atoms. The lowest BCUT2D eigenvalue weighted by Crippen LogP contribution is -2.51. The molecule has 2 N–H and O–H groups in total. The molecule has 28 heavy (non-hydrogen) atoms. The van der Waals surface area contributed by atoms with Gasteiger partial charge in [0.15, 0.2) is 6.61 Å². The molecule has 1 saturated heterocycles. The summed E-state index contributed by atoms with van der Waals surface area (Å²) < 4.78 is 12.2. The van der Waals surface area contributed by atoms with Crippen molar-refractivity contribution in [3.8, 4) is 12.0 Å². The Kier molecular flexibility index (Phi) is 5.49. The molecule has 0 spiro atoms. The average molecular weight is 384 g/mol. The second-order valence-electron chi connectivity index (χ2n) is 6.49. The van der Waals surface area contributed by atoms with Gasteiger partial charge in [-0.15, -0.1) is 0 Å². The summed E-state index contributed by atoms with van der Waals surface area (Å²) in [5.74, 6) is -1.49. The molecule has 9 nitrogen and oxygen atoms in total. The van der Waals surface area contributed by atoms with Gasteiger partial charge in [0.05, 0.1) is 0 Å². The van der Waals surface area contributed by atoms with Gasteiger partial charge >= 0.3 is 5.97 Å². The van der Waals surface area contributed by atoms with E-state index in [0.717, 1.165) is 12.8 Å². The number of furan rings is 1. The van der Waals surface area contributed by atoms with Gasteiger partial charge in [0.25, 0.3) is 5.91 Å². The highest BCUT2D eigenvalue weighted by Crippen LogP contribution is 2.26. The molecule has 1 aliphatic rings. The molecule has 0 aromatic carbocycles. The Labute approximate surface area is 161 Å². The first-order valence-corrected chi connectivity index (χ1v) is 8.86. The molecule has 0 saturated carbocycles. The number of aryl methyl sites for hydroxylation is 1. The van der Waals surface area contributed by atoms with E-state index in [1.807, 2.05) is 6.07 Å². The van der Waals surface area contributed by atoms with E-state index in [1.54, 1.807) is 36.0 Å². The van der Waals surface area contributed by atoms with Crippen LogP contribution in [-0.4, -0.2) is 46.4 Å². The number of nitriles is 1. The number of likely N-dealkylation sites (tertiary alicyclic amines) is 1. The van der Waals surface area contributed by atoms with Crippen molar-refractivity contribution in [1.29, 1.82) is 5.26 Å². The predicted molar refractivity (Wildman–Crippen MR) is 96.3 cm³/mol.